The third kappa shape index (κ3) is 4.36. The summed E-state index contributed by atoms with van der Waals surface area (Å²) in [7, 11) is 2.07. The van der Waals surface area contributed by atoms with Crippen molar-refractivity contribution in [1.29, 1.82) is 0 Å². The molecule has 1 heterocycles. The summed E-state index contributed by atoms with van der Waals surface area (Å²) >= 11 is 1.94. The summed E-state index contributed by atoms with van der Waals surface area (Å²) in [5, 5.41) is 3.69. The van der Waals surface area contributed by atoms with E-state index in [2.05, 4.69) is 23.5 Å². The SMILES string of the molecule is CS[C@@H]1CCC[C@H]1N(C)CC(=O)NC[C@@H]1CCCO1. The molecule has 0 radical (unpaired) electrons. The first-order valence-electron chi connectivity index (χ1n) is 7.32. The summed E-state index contributed by atoms with van der Waals surface area (Å²) in [6, 6.07) is 0.559. The number of hydrogen-bond donors (Lipinski definition) is 1. The minimum absolute atomic E-state index is 0.129. The second-order valence-corrected chi connectivity index (χ2v) is 6.70. The monoisotopic (exact) mass is 286 g/mol. The van der Waals surface area contributed by atoms with Gasteiger partial charge in [0.25, 0.3) is 0 Å². The van der Waals surface area contributed by atoms with Gasteiger partial charge in [0.2, 0.25) is 5.91 Å². The first-order chi connectivity index (χ1) is 9.20. The molecule has 4 nitrogen and oxygen atoms in total. The molecular weight excluding hydrogens is 260 g/mol. The normalized spacial score (nSPS) is 31.0. The van der Waals surface area contributed by atoms with Gasteiger partial charge in [-0.2, -0.15) is 11.8 Å². The van der Waals surface area contributed by atoms with Gasteiger partial charge in [0.1, 0.15) is 0 Å². The Kier molecular flexibility index (Phi) is 5.98. The zero-order valence-corrected chi connectivity index (χ0v) is 12.9. The van der Waals surface area contributed by atoms with Gasteiger partial charge in [-0.15, -0.1) is 0 Å². The molecule has 110 valence electrons. The molecule has 0 bridgehead atoms. The topological polar surface area (TPSA) is 41.6 Å². The van der Waals surface area contributed by atoms with Crippen molar-refractivity contribution in [3.63, 3.8) is 0 Å². The van der Waals surface area contributed by atoms with Crippen LogP contribution in [0, 0.1) is 0 Å². The fourth-order valence-electron chi connectivity index (χ4n) is 3.12. The summed E-state index contributed by atoms with van der Waals surface area (Å²) in [4.78, 5) is 14.2. The third-order valence-electron chi connectivity index (χ3n) is 4.23. The maximum absolute atomic E-state index is 11.9. The molecular formula is C14H26N2O2S. The van der Waals surface area contributed by atoms with Gasteiger partial charge in [0.05, 0.1) is 12.6 Å². The van der Waals surface area contributed by atoms with Gasteiger partial charge < -0.3 is 10.1 Å². The lowest BCUT2D eigenvalue weighted by Crippen LogP contribution is -2.44. The number of ether oxygens (including phenoxy) is 1. The van der Waals surface area contributed by atoms with Crippen LogP contribution in [0.1, 0.15) is 32.1 Å². The van der Waals surface area contributed by atoms with Gasteiger partial charge in [0.15, 0.2) is 0 Å². The number of amides is 1. The minimum atomic E-state index is 0.129. The van der Waals surface area contributed by atoms with Crippen LogP contribution in [0.2, 0.25) is 0 Å². The Morgan fingerprint density at radius 3 is 2.89 bits per heavy atom. The molecule has 1 saturated heterocycles. The predicted molar refractivity (Wildman–Crippen MR) is 79.6 cm³/mol. The molecule has 1 N–H and O–H groups in total. The summed E-state index contributed by atoms with van der Waals surface area (Å²) < 4.78 is 5.51. The molecule has 1 saturated carbocycles. The molecule has 2 aliphatic rings. The van der Waals surface area contributed by atoms with E-state index in [1.807, 2.05) is 11.8 Å². The number of hydrogen-bond acceptors (Lipinski definition) is 4. The van der Waals surface area contributed by atoms with Gasteiger partial charge >= 0.3 is 0 Å². The maximum atomic E-state index is 11.9. The molecule has 2 fully saturated rings. The van der Waals surface area contributed by atoms with E-state index in [1.165, 1.54) is 19.3 Å². The molecule has 0 aromatic carbocycles. The van der Waals surface area contributed by atoms with Gasteiger partial charge in [-0.3, -0.25) is 9.69 Å². The van der Waals surface area contributed by atoms with Crippen LogP contribution in [0.25, 0.3) is 0 Å². The molecule has 2 rings (SSSR count). The van der Waals surface area contributed by atoms with Gasteiger partial charge in [-0.1, -0.05) is 6.42 Å². The van der Waals surface area contributed by atoms with Gasteiger partial charge in [0, 0.05) is 24.4 Å². The number of nitrogens with zero attached hydrogens (tertiary/aromatic N) is 1. The molecule has 3 atom stereocenters. The maximum Gasteiger partial charge on any atom is 0.234 e. The molecule has 0 aromatic rings. The Morgan fingerprint density at radius 1 is 1.37 bits per heavy atom. The lowest BCUT2D eigenvalue weighted by Gasteiger charge is -2.28. The summed E-state index contributed by atoms with van der Waals surface area (Å²) in [5.41, 5.74) is 0. The van der Waals surface area contributed by atoms with Crippen LogP contribution in [0.4, 0.5) is 0 Å². The number of rotatable bonds is 6. The average molecular weight is 286 g/mol. The van der Waals surface area contributed by atoms with Crippen LogP contribution in [-0.4, -0.2) is 61.2 Å². The molecule has 0 aromatic heterocycles. The molecule has 1 aliphatic carbocycles. The van der Waals surface area contributed by atoms with Crippen LogP contribution in [0.3, 0.4) is 0 Å². The van der Waals surface area contributed by atoms with Gasteiger partial charge in [-0.05, 0) is 39.0 Å². The number of carbonyl (C=O) groups is 1. The van der Waals surface area contributed by atoms with Crippen molar-refractivity contribution in [2.24, 2.45) is 0 Å². The molecule has 0 unspecified atom stereocenters. The van der Waals surface area contributed by atoms with Crippen molar-refractivity contribution in [3.05, 3.63) is 0 Å². The van der Waals surface area contributed by atoms with Crippen molar-refractivity contribution in [2.45, 2.75) is 49.5 Å². The van der Waals surface area contributed by atoms with E-state index >= 15 is 0 Å². The highest BCUT2D eigenvalue weighted by molar-refractivity contribution is 7.99. The summed E-state index contributed by atoms with van der Waals surface area (Å²) in [6.07, 6.45) is 8.41. The average Bonchev–Trinajstić information content (AvgIpc) is 3.07. The molecule has 1 aliphatic heterocycles. The lowest BCUT2D eigenvalue weighted by atomic mass is 10.2. The zero-order valence-electron chi connectivity index (χ0n) is 12.1. The Balaban J connectivity index is 1.68. The fourth-order valence-corrected chi connectivity index (χ4v) is 4.18. The van der Waals surface area contributed by atoms with E-state index < -0.39 is 0 Å². The Morgan fingerprint density at radius 2 is 2.21 bits per heavy atom. The van der Waals surface area contributed by atoms with Crippen molar-refractivity contribution in [2.75, 3.05) is 33.0 Å². The first kappa shape index (κ1) is 15.1. The summed E-state index contributed by atoms with van der Waals surface area (Å²) in [6.45, 7) is 2.02. The number of nitrogens with one attached hydrogen (secondary N) is 1. The number of carbonyl (C=O) groups excluding carboxylic acids is 1. The molecule has 19 heavy (non-hydrogen) atoms. The van der Waals surface area contributed by atoms with Crippen LogP contribution < -0.4 is 5.32 Å². The molecule has 1 amide bonds. The van der Waals surface area contributed by atoms with E-state index in [1.54, 1.807) is 0 Å². The second-order valence-electron chi connectivity index (χ2n) is 5.63. The zero-order chi connectivity index (χ0) is 13.7. The highest BCUT2D eigenvalue weighted by Gasteiger charge is 2.30. The van der Waals surface area contributed by atoms with Crippen LogP contribution >= 0.6 is 11.8 Å². The van der Waals surface area contributed by atoms with Gasteiger partial charge in [-0.25, -0.2) is 0 Å². The van der Waals surface area contributed by atoms with Crippen molar-refractivity contribution in [3.8, 4) is 0 Å². The van der Waals surface area contributed by atoms with Crippen LogP contribution in [0.5, 0.6) is 0 Å². The minimum Gasteiger partial charge on any atom is -0.376 e. The van der Waals surface area contributed by atoms with E-state index in [4.69, 9.17) is 4.74 Å². The van der Waals surface area contributed by atoms with Crippen LogP contribution in [0.15, 0.2) is 0 Å². The Labute approximate surface area is 120 Å². The smallest absolute Gasteiger partial charge is 0.234 e. The number of thioether (sulfide) groups is 1. The first-order valence-corrected chi connectivity index (χ1v) is 8.61. The Bertz CT molecular complexity index is 295. The predicted octanol–water partition coefficient (Wildman–Crippen LogP) is 1.50. The van der Waals surface area contributed by atoms with E-state index in [-0.39, 0.29) is 12.0 Å². The van der Waals surface area contributed by atoms with E-state index in [9.17, 15) is 4.79 Å². The number of likely N-dealkylation sites (N-methyl/N-ethyl adjacent to an activating group) is 1. The molecule has 5 heteroatoms. The highest BCUT2D eigenvalue weighted by Crippen LogP contribution is 2.31. The second kappa shape index (κ2) is 7.50. The lowest BCUT2D eigenvalue weighted by molar-refractivity contribution is -0.122. The van der Waals surface area contributed by atoms with Crippen molar-refractivity contribution >= 4 is 17.7 Å². The van der Waals surface area contributed by atoms with Crippen molar-refractivity contribution in [1.82, 2.24) is 10.2 Å². The third-order valence-corrected chi connectivity index (χ3v) is 5.39. The highest BCUT2D eigenvalue weighted by atomic mass is 32.2. The van der Waals surface area contributed by atoms with Crippen molar-refractivity contribution < 1.29 is 9.53 Å². The summed E-state index contributed by atoms with van der Waals surface area (Å²) in [5.74, 6) is 0.129. The largest absolute Gasteiger partial charge is 0.376 e. The Hall–Kier alpha value is -0.260. The molecule has 0 spiro atoms. The van der Waals surface area contributed by atoms with Crippen LogP contribution in [-0.2, 0) is 9.53 Å². The van der Waals surface area contributed by atoms with E-state index in [0.717, 1.165) is 19.4 Å². The fraction of sp³-hybridized carbons (Fsp3) is 0.929. The van der Waals surface area contributed by atoms with E-state index in [0.29, 0.717) is 24.4 Å². The standard InChI is InChI=1S/C14H26N2O2S/c1-16(12-6-3-7-13(12)19-2)10-14(17)15-9-11-5-4-8-18-11/h11-13H,3-10H2,1-2H3,(H,15,17)/t11-,12+,13+/m0/s1. The quantitative estimate of drug-likeness (QED) is 0.803.